The zero-order chi connectivity index (χ0) is 11.5. The number of carbonyl (C=O) groups excluding carboxylic acids is 1. The Labute approximate surface area is 89.0 Å². The van der Waals surface area contributed by atoms with Crippen LogP contribution in [0.3, 0.4) is 0 Å². The molecule has 0 aliphatic rings. The molecule has 6 nitrogen and oxygen atoms in total. The number of aromatic amines is 1. The van der Waals surface area contributed by atoms with Gasteiger partial charge in [-0.25, -0.2) is 0 Å². The average Bonchev–Trinajstić information content (AvgIpc) is 2.66. The molecule has 0 radical (unpaired) electrons. The molecule has 6 heteroatoms. The van der Waals surface area contributed by atoms with Crippen LogP contribution in [0.25, 0.3) is 0 Å². The Bertz CT molecular complexity index is 317. The Morgan fingerprint density at radius 2 is 2.27 bits per heavy atom. The molecule has 1 aromatic heterocycles. The summed E-state index contributed by atoms with van der Waals surface area (Å²) in [6.45, 7) is 4.66. The maximum absolute atomic E-state index is 11.5. The number of nitrogens with zero attached hydrogens (tertiary/aromatic N) is 3. The number of nitrogens with one attached hydrogen (secondary N) is 2. The molecule has 0 bridgehead atoms. The summed E-state index contributed by atoms with van der Waals surface area (Å²) < 4.78 is 0. The van der Waals surface area contributed by atoms with Crippen molar-refractivity contribution in [3.63, 3.8) is 0 Å². The van der Waals surface area contributed by atoms with Crippen LogP contribution < -0.4 is 5.32 Å². The second-order valence-electron chi connectivity index (χ2n) is 4.24. The minimum atomic E-state index is -0.210. The third-order valence-electron chi connectivity index (χ3n) is 2.54. The molecule has 1 amide bonds. The Hall–Kier alpha value is -1.43. The molecule has 0 unspecified atom stereocenters. The summed E-state index contributed by atoms with van der Waals surface area (Å²) in [6, 6.07) is 0. The van der Waals surface area contributed by atoms with E-state index in [-0.39, 0.29) is 11.4 Å². The first kappa shape index (κ1) is 11.6. The first-order chi connectivity index (χ1) is 6.93. The predicted molar refractivity (Wildman–Crippen MR) is 56.5 cm³/mol. The van der Waals surface area contributed by atoms with Gasteiger partial charge in [0.1, 0.15) is 0 Å². The first-order valence-corrected chi connectivity index (χ1v) is 4.75. The summed E-state index contributed by atoms with van der Waals surface area (Å²) in [6.07, 6.45) is 1.40. The van der Waals surface area contributed by atoms with Crippen LogP contribution in [0.1, 0.15) is 24.3 Å². The number of aromatic nitrogens is 3. The van der Waals surface area contributed by atoms with Gasteiger partial charge in [-0.05, 0) is 27.9 Å². The molecule has 84 valence electrons. The van der Waals surface area contributed by atoms with Gasteiger partial charge in [-0.15, -0.1) is 0 Å². The van der Waals surface area contributed by atoms with Crippen molar-refractivity contribution >= 4 is 5.91 Å². The summed E-state index contributed by atoms with van der Waals surface area (Å²) in [5.41, 5.74) is 0.226. The van der Waals surface area contributed by atoms with Gasteiger partial charge in [0.25, 0.3) is 5.91 Å². The van der Waals surface area contributed by atoms with Crippen LogP contribution >= 0.6 is 0 Å². The van der Waals surface area contributed by atoms with Gasteiger partial charge < -0.3 is 10.2 Å². The second-order valence-corrected chi connectivity index (χ2v) is 4.24. The summed E-state index contributed by atoms with van der Waals surface area (Å²) in [4.78, 5) is 13.6. The molecule has 1 heterocycles. The molecule has 1 aromatic rings. The van der Waals surface area contributed by atoms with E-state index in [1.165, 1.54) is 6.20 Å². The largest absolute Gasteiger partial charge is 0.349 e. The van der Waals surface area contributed by atoms with Gasteiger partial charge in [-0.3, -0.25) is 4.79 Å². The van der Waals surface area contributed by atoms with Crippen LogP contribution in [0.4, 0.5) is 0 Å². The zero-order valence-corrected chi connectivity index (χ0v) is 9.53. The molecule has 0 saturated heterocycles. The molecular weight excluding hydrogens is 194 g/mol. The van der Waals surface area contributed by atoms with Crippen LogP contribution in [0, 0.1) is 0 Å². The van der Waals surface area contributed by atoms with Crippen molar-refractivity contribution in [1.29, 1.82) is 0 Å². The van der Waals surface area contributed by atoms with Gasteiger partial charge in [0, 0.05) is 12.1 Å². The van der Waals surface area contributed by atoms with Crippen LogP contribution in [0.2, 0.25) is 0 Å². The van der Waals surface area contributed by atoms with E-state index >= 15 is 0 Å². The Morgan fingerprint density at radius 1 is 1.60 bits per heavy atom. The number of rotatable bonds is 4. The maximum atomic E-state index is 11.5. The van der Waals surface area contributed by atoms with E-state index in [0.29, 0.717) is 12.2 Å². The highest BCUT2D eigenvalue weighted by Gasteiger charge is 2.21. The highest BCUT2D eigenvalue weighted by Crippen LogP contribution is 2.07. The Morgan fingerprint density at radius 3 is 2.73 bits per heavy atom. The lowest BCUT2D eigenvalue weighted by molar-refractivity contribution is 0.0914. The Balaban J connectivity index is 2.48. The van der Waals surface area contributed by atoms with Crippen molar-refractivity contribution in [3.05, 3.63) is 11.9 Å². The van der Waals surface area contributed by atoms with Crippen LogP contribution in [-0.4, -0.2) is 52.4 Å². The van der Waals surface area contributed by atoms with E-state index in [2.05, 4.69) is 39.5 Å². The van der Waals surface area contributed by atoms with Gasteiger partial charge in [0.05, 0.1) is 6.20 Å². The molecular formula is C9H17N5O. The lowest BCUT2D eigenvalue weighted by atomic mass is 10.0. The fraction of sp³-hybridized carbons (Fsp3) is 0.667. The highest BCUT2D eigenvalue weighted by molar-refractivity contribution is 5.91. The van der Waals surface area contributed by atoms with Crippen molar-refractivity contribution < 1.29 is 4.79 Å². The van der Waals surface area contributed by atoms with Crippen LogP contribution in [0.5, 0.6) is 0 Å². The number of carbonyl (C=O) groups is 1. The van der Waals surface area contributed by atoms with Crippen molar-refractivity contribution in [2.24, 2.45) is 0 Å². The monoisotopic (exact) mass is 211 g/mol. The number of hydrogen-bond donors (Lipinski definition) is 2. The molecule has 0 atom stereocenters. The van der Waals surface area contributed by atoms with Crippen LogP contribution in [0.15, 0.2) is 6.20 Å². The number of H-pyrrole nitrogens is 1. The molecule has 0 aliphatic carbocycles. The van der Waals surface area contributed by atoms with Gasteiger partial charge >= 0.3 is 0 Å². The van der Waals surface area contributed by atoms with Crippen molar-refractivity contribution in [3.8, 4) is 0 Å². The molecule has 0 aromatic carbocycles. The SMILES string of the molecule is CN(C)C(C)(C)CNC(=O)c1cn[nH]n1. The van der Waals surface area contributed by atoms with Crippen molar-refractivity contribution in [1.82, 2.24) is 25.6 Å². The third kappa shape index (κ3) is 3.02. The Kier molecular flexibility index (Phi) is 3.41. The maximum Gasteiger partial charge on any atom is 0.273 e. The van der Waals surface area contributed by atoms with Gasteiger partial charge in [-0.1, -0.05) is 0 Å². The molecule has 2 N–H and O–H groups in total. The van der Waals surface area contributed by atoms with Gasteiger partial charge in [-0.2, -0.15) is 15.4 Å². The molecule has 15 heavy (non-hydrogen) atoms. The molecule has 0 spiro atoms. The number of likely N-dealkylation sites (N-methyl/N-ethyl adjacent to an activating group) is 1. The second kappa shape index (κ2) is 4.39. The number of hydrogen-bond acceptors (Lipinski definition) is 4. The molecule has 1 rings (SSSR count). The lowest BCUT2D eigenvalue weighted by Gasteiger charge is -2.32. The van der Waals surface area contributed by atoms with Crippen molar-refractivity contribution in [2.45, 2.75) is 19.4 Å². The average molecular weight is 211 g/mol. The molecule has 0 saturated carbocycles. The third-order valence-corrected chi connectivity index (χ3v) is 2.54. The predicted octanol–water partition coefficient (Wildman–Crippen LogP) is -0.125. The van der Waals surface area contributed by atoms with E-state index in [9.17, 15) is 4.79 Å². The standard InChI is InChI=1S/C9H17N5O/c1-9(2,14(3)4)6-10-8(15)7-5-11-13-12-7/h5H,6H2,1-4H3,(H,10,15)(H,11,12,13). The summed E-state index contributed by atoms with van der Waals surface area (Å²) in [5.74, 6) is -0.210. The van der Waals surface area contributed by atoms with Gasteiger partial charge in [0.2, 0.25) is 0 Å². The fourth-order valence-electron chi connectivity index (χ4n) is 0.856. The number of amides is 1. The zero-order valence-electron chi connectivity index (χ0n) is 9.53. The van der Waals surface area contributed by atoms with E-state index in [4.69, 9.17) is 0 Å². The van der Waals surface area contributed by atoms with Gasteiger partial charge in [0.15, 0.2) is 5.69 Å². The van der Waals surface area contributed by atoms with E-state index in [1.807, 2.05) is 14.1 Å². The molecule has 0 aliphatic heterocycles. The summed E-state index contributed by atoms with van der Waals surface area (Å²) in [7, 11) is 3.95. The van der Waals surface area contributed by atoms with E-state index < -0.39 is 0 Å². The highest BCUT2D eigenvalue weighted by atomic mass is 16.2. The van der Waals surface area contributed by atoms with E-state index in [0.717, 1.165) is 0 Å². The van der Waals surface area contributed by atoms with E-state index in [1.54, 1.807) is 0 Å². The topological polar surface area (TPSA) is 73.9 Å². The minimum absolute atomic E-state index is 0.0839. The first-order valence-electron chi connectivity index (χ1n) is 4.75. The van der Waals surface area contributed by atoms with Crippen LogP contribution in [-0.2, 0) is 0 Å². The minimum Gasteiger partial charge on any atom is -0.349 e. The summed E-state index contributed by atoms with van der Waals surface area (Å²) >= 11 is 0. The fourth-order valence-corrected chi connectivity index (χ4v) is 0.856. The molecule has 0 fully saturated rings. The normalized spacial score (nSPS) is 11.8. The summed E-state index contributed by atoms with van der Waals surface area (Å²) in [5, 5.41) is 12.5. The van der Waals surface area contributed by atoms with Crippen molar-refractivity contribution in [2.75, 3.05) is 20.6 Å². The lowest BCUT2D eigenvalue weighted by Crippen LogP contribution is -2.48. The smallest absolute Gasteiger partial charge is 0.273 e. The quantitative estimate of drug-likeness (QED) is 0.728.